The molecule has 3 fully saturated rings. The molecule has 1 aromatic heterocycles. The lowest BCUT2D eigenvalue weighted by Gasteiger charge is -2.37. The molecule has 37 heavy (non-hydrogen) atoms. The minimum absolute atomic E-state index is 0.0818. The van der Waals surface area contributed by atoms with Gasteiger partial charge >= 0.3 is 0 Å². The summed E-state index contributed by atoms with van der Waals surface area (Å²) in [5.74, 6) is -3.23. The molecule has 4 aliphatic rings. The molecule has 1 spiro atoms. The number of carbonyl (C=O) groups is 3. The van der Waals surface area contributed by atoms with Gasteiger partial charge in [-0.2, -0.15) is 0 Å². The number of pyridine rings is 1. The first kappa shape index (κ1) is 24.0. The second kappa shape index (κ2) is 9.16. The molecule has 3 amide bonds. The number of fused-ring (bicyclic) bond motifs is 4. The summed E-state index contributed by atoms with van der Waals surface area (Å²) >= 11 is 0. The topological polar surface area (TPSA) is 85.9 Å². The highest BCUT2D eigenvalue weighted by Crippen LogP contribution is 2.57. The Balaban J connectivity index is 1.34. The molecule has 6 rings (SSSR count). The molecule has 0 radical (unpaired) electrons. The van der Waals surface area contributed by atoms with Gasteiger partial charge in [0.2, 0.25) is 5.91 Å². The molecule has 3 saturated heterocycles. The van der Waals surface area contributed by atoms with Crippen LogP contribution in [0, 0.1) is 17.6 Å². The number of nitrogens with one attached hydrogen (secondary N) is 1. The average molecular weight is 510 g/mol. The zero-order chi connectivity index (χ0) is 25.7. The van der Waals surface area contributed by atoms with Crippen molar-refractivity contribution in [2.45, 2.75) is 43.7 Å². The van der Waals surface area contributed by atoms with E-state index in [-0.39, 0.29) is 30.9 Å². The predicted molar refractivity (Wildman–Crippen MR) is 131 cm³/mol. The Labute approximate surface area is 213 Å². The van der Waals surface area contributed by atoms with Gasteiger partial charge in [-0.25, -0.2) is 13.8 Å². The van der Waals surface area contributed by atoms with E-state index in [1.807, 2.05) is 24.3 Å². The third-order valence-corrected chi connectivity index (χ3v) is 8.35. The maximum Gasteiger partial charge on any atom is 0.275 e. The number of carbonyl (C=O) groups excluding carboxylic acids is 3. The first-order valence-electron chi connectivity index (χ1n) is 13.0. The van der Waals surface area contributed by atoms with Crippen LogP contribution in [-0.4, -0.2) is 71.3 Å². The summed E-state index contributed by atoms with van der Waals surface area (Å²) < 4.78 is 27.7. The van der Waals surface area contributed by atoms with Crippen LogP contribution < -0.4 is 10.2 Å². The minimum atomic E-state index is -1.01. The number of para-hydroxylation sites is 1. The largest absolute Gasteiger partial charge is 0.356 e. The fourth-order valence-electron chi connectivity index (χ4n) is 6.84. The van der Waals surface area contributed by atoms with Gasteiger partial charge < -0.3 is 15.1 Å². The fourth-order valence-corrected chi connectivity index (χ4v) is 6.84. The monoisotopic (exact) mass is 509 g/mol. The molecular weight excluding hydrogens is 480 g/mol. The lowest BCUT2D eigenvalue weighted by Crippen LogP contribution is -2.56. The summed E-state index contributed by atoms with van der Waals surface area (Å²) in [5.41, 5.74) is 0.240. The summed E-state index contributed by atoms with van der Waals surface area (Å²) in [6.07, 6.45) is 4.36. The molecule has 2 aromatic rings. The normalized spacial score (nSPS) is 28.1. The first-order chi connectivity index (χ1) is 17.9. The molecule has 0 unspecified atom stereocenters. The SMILES string of the molecule is O=C1NCCCN(C(=O)c2ncc(F)cc2F)CCCN2C(=O)[C@@]3(c4ccccc42)[C@@H]1C[C@@H]1CCCN13. The smallest absolute Gasteiger partial charge is 0.275 e. The number of hydrogen-bond donors (Lipinski definition) is 1. The standard InChI is InChI=1S/C27H29F2N5O3/c28-17-14-21(29)23(31-16-17)25(36)32-10-4-9-30-24(35)20-15-18-6-3-13-34(18)27(20)19-7-1-2-8-22(19)33(26(27)37)12-5-11-32/h1-2,7-8,14,16,18,20H,3-6,9-13,15H2,(H,30,35)/t18-,20+,27+/m0/s1. The van der Waals surface area contributed by atoms with E-state index >= 15 is 0 Å². The van der Waals surface area contributed by atoms with Crippen molar-refractivity contribution in [3.8, 4) is 0 Å². The van der Waals surface area contributed by atoms with Crippen molar-refractivity contribution >= 4 is 23.4 Å². The third-order valence-electron chi connectivity index (χ3n) is 8.35. The highest BCUT2D eigenvalue weighted by atomic mass is 19.1. The first-order valence-corrected chi connectivity index (χ1v) is 13.0. The summed E-state index contributed by atoms with van der Waals surface area (Å²) in [6.45, 7) is 1.99. The Kier molecular flexibility index (Phi) is 5.94. The van der Waals surface area contributed by atoms with Gasteiger partial charge in [-0.1, -0.05) is 18.2 Å². The van der Waals surface area contributed by atoms with Crippen molar-refractivity contribution in [2.75, 3.05) is 37.6 Å². The highest BCUT2D eigenvalue weighted by molar-refractivity contribution is 6.11. The molecule has 2 bridgehead atoms. The van der Waals surface area contributed by atoms with E-state index in [9.17, 15) is 23.2 Å². The van der Waals surface area contributed by atoms with Gasteiger partial charge in [0.25, 0.3) is 11.8 Å². The Hall–Kier alpha value is -3.40. The molecule has 5 heterocycles. The van der Waals surface area contributed by atoms with Gasteiger partial charge in [-0.3, -0.25) is 19.3 Å². The summed E-state index contributed by atoms with van der Waals surface area (Å²) in [4.78, 5) is 50.2. The molecule has 0 aliphatic carbocycles. The lowest BCUT2D eigenvalue weighted by atomic mass is 9.78. The summed E-state index contributed by atoms with van der Waals surface area (Å²) in [5, 5.41) is 3.02. The summed E-state index contributed by atoms with van der Waals surface area (Å²) in [6, 6.07) is 8.55. The van der Waals surface area contributed by atoms with Crippen LogP contribution in [0.1, 0.15) is 48.2 Å². The average Bonchev–Trinajstić information content (AvgIpc) is 3.54. The number of benzene rings is 1. The van der Waals surface area contributed by atoms with Gasteiger partial charge in [0, 0.05) is 49.5 Å². The number of aromatic nitrogens is 1. The van der Waals surface area contributed by atoms with Crippen LogP contribution >= 0.6 is 0 Å². The van der Waals surface area contributed by atoms with Gasteiger partial charge in [-0.05, 0) is 44.7 Å². The van der Waals surface area contributed by atoms with Crippen molar-refractivity contribution in [3.63, 3.8) is 0 Å². The number of nitrogens with zero attached hydrogens (tertiary/aromatic N) is 4. The van der Waals surface area contributed by atoms with Crippen LogP contribution in [0.5, 0.6) is 0 Å². The van der Waals surface area contributed by atoms with Crippen LogP contribution in [0.15, 0.2) is 36.5 Å². The van der Waals surface area contributed by atoms with Crippen LogP contribution in [0.25, 0.3) is 0 Å². The van der Waals surface area contributed by atoms with Crippen molar-refractivity contribution in [3.05, 3.63) is 59.4 Å². The minimum Gasteiger partial charge on any atom is -0.356 e. The van der Waals surface area contributed by atoms with Crippen molar-refractivity contribution in [2.24, 2.45) is 5.92 Å². The van der Waals surface area contributed by atoms with Gasteiger partial charge in [-0.15, -0.1) is 0 Å². The molecule has 4 aliphatic heterocycles. The van der Waals surface area contributed by atoms with E-state index in [1.54, 1.807) is 4.90 Å². The van der Waals surface area contributed by atoms with Crippen molar-refractivity contribution in [1.82, 2.24) is 20.1 Å². The zero-order valence-electron chi connectivity index (χ0n) is 20.5. The Morgan fingerprint density at radius 1 is 1.05 bits per heavy atom. The van der Waals surface area contributed by atoms with Gasteiger partial charge in [0.15, 0.2) is 11.5 Å². The maximum absolute atomic E-state index is 14.3. The van der Waals surface area contributed by atoms with Gasteiger partial charge in [0.05, 0.1) is 12.1 Å². The van der Waals surface area contributed by atoms with Crippen LogP contribution in [0.3, 0.4) is 0 Å². The van der Waals surface area contributed by atoms with Crippen LogP contribution in [0.2, 0.25) is 0 Å². The quantitative estimate of drug-likeness (QED) is 0.639. The van der Waals surface area contributed by atoms with Gasteiger partial charge in [0.1, 0.15) is 11.4 Å². The Bertz CT molecular complexity index is 1270. The second-order valence-electron chi connectivity index (χ2n) is 10.3. The predicted octanol–water partition coefficient (Wildman–Crippen LogP) is 2.44. The molecular formula is C27H29F2N5O3. The maximum atomic E-state index is 14.3. The van der Waals surface area contributed by atoms with E-state index in [0.717, 1.165) is 36.8 Å². The highest BCUT2D eigenvalue weighted by Gasteiger charge is 2.67. The molecule has 1 aromatic carbocycles. The molecule has 194 valence electrons. The van der Waals surface area contributed by atoms with Crippen molar-refractivity contribution < 1.29 is 23.2 Å². The number of rotatable bonds is 1. The lowest BCUT2D eigenvalue weighted by molar-refractivity contribution is -0.138. The van der Waals surface area contributed by atoms with Crippen molar-refractivity contribution in [1.29, 1.82) is 0 Å². The molecule has 1 N–H and O–H groups in total. The number of halogens is 2. The van der Waals surface area contributed by atoms with Crippen LogP contribution in [0.4, 0.5) is 14.5 Å². The number of anilines is 1. The number of amides is 3. The fraction of sp³-hybridized carbons (Fsp3) is 0.481. The Morgan fingerprint density at radius 3 is 2.70 bits per heavy atom. The molecule has 8 nitrogen and oxygen atoms in total. The van der Waals surface area contributed by atoms with E-state index in [0.29, 0.717) is 38.4 Å². The summed E-state index contributed by atoms with van der Waals surface area (Å²) in [7, 11) is 0. The molecule has 10 heteroatoms. The molecule has 3 atom stereocenters. The van der Waals surface area contributed by atoms with E-state index in [2.05, 4.69) is 15.2 Å². The van der Waals surface area contributed by atoms with Crippen LogP contribution in [-0.2, 0) is 15.1 Å². The second-order valence-corrected chi connectivity index (χ2v) is 10.3. The van der Waals surface area contributed by atoms with E-state index in [4.69, 9.17) is 0 Å². The van der Waals surface area contributed by atoms with E-state index < -0.39 is 34.7 Å². The molecule has 0 saturated carbocycles. The zero-order valence-corrected chi connectivity index (χ0v) is 20.5. The van der Waals surface area contributed by atoms with E-state index in [1.165, 1.54) is 4.90 Å². The Morgan fingerprint density at radius 2 is 1.86 bits per heavy atom. The number of hydrogen-bond acceptors (Lipinski definition) is 5. The third kappa shape index (κ3) is 3.64.